The summed E-state index contributed by atoms with van der Waals surface area (Å²) in [5, 5.41) is 12.1. The van der Waals surface area contributed by atoms with Crippen LogP contribution in [0.15, 0.2) is 40.8 Å². The van der Waals surface area contributed by atoms with E-state index in [2.05, 4.69) is 15.0 Å². The first-order valence-electron chi connectivity index (χ1n) is 5.49. The van der Waals surface area contributed by atoms with Crippen LogP contribution in [0.5, 0.6) is 0 Å². The topological polar surface area (TPSA) is 91.5 Å². The van der Waals surface area contributed by atoms with Crippen molar-refractivity contribution in [2.24, 2.45) is 7.05 Å². The Bertz CT molecular complexity index is 730. The zero-order valence-electron chi connectivity index (χ0n) is 9.95. The molecule has 0 bridgehead atoms. The van der Waals surface area contributed by atoms with E-state index in [0.29, 0.717) is 10.2 Å². The molecule has 0 aliphatic rings. The molecule has 8 heteroatoms. The molecule has 96 valence electrons. The number of nitrogens with zero attached hydrogens (tertiary/aromatic N) is 3. The van der Waals surface area contributed by atoms with Crippen molar-refractivity contribution in [1.29, 1.82) is 0 Å². The van der Waals surface area contributed by atoms with Gasteiger partial charge in [0.05, 0.1) is 11.0 Å². The number of aromatic amines is 2. The molecule has 0 amide bonds. The lowest BCUT2D eigenvalue weighted by atomic mass is 10.3. The fraction of sp³-hybridized carbons (Fsp3) is 0.0909. The summed E-state index contributed by atoms with van der Waals surface area (Å²) in [6.07, 6.45) is 1.54. The van der Waals surface area contributed by atoms with Gasteiger partial charge in [-0.15, -0.1) is 0 Å². The molecule has 2 N–H and O–H groups in total. The Balaban J connectivity index is 1.99. The molecule has 0 saturated heterocycles. The molecule has 0 aliphatic heterocycles. The maximum atomic E-state index is 11.0. The van der Waals surface area contributed by atoms with Gasteiger partial charge in [-0.3, -0.25) is 0 Å². The Morgan fingerprint density at radius 2 is 2.21 bits per heavy atom. The minimum Gasteiger partial charge on any atom is -0.332 e. The van der Waals surface area contributed by atoms with E-state index in [1.54, 1.807) is 13.4 Å². The third kappa shape index (κ3) is 2.06. The molecule has 0 spiro atoms. The van der Waals surface area contributed by atoms with Crippen LogP contribution in [0, 0.1) is 10.1 Å². The van der Waals surface area contributed by atoms with E-state index in [-0.39, 0.29) is 5.82 Å². The highest BCUT2D eigenvalue weighted by molar-refractivity contribution is 7.99. The smallest absolute Gasteiger partial charge is 0.332 e. The summed E-state index contributed by atoms with van der Waals surface area (Å²) in [6, 6.07) is 7.61. The predicted molar refractivity (Wildman–Crippen MR) is 68.8 cm³/mol. The molecule has 19 heavy (non-hydrogen) atoms. The first-order valence-corrected chi connectivity index (χ1v) is 6.31. The summed E-state index contributed by atoms with van der Waals surface area (Å²) >= 11 is 1.20. The van der Waals surface area contributed by atoms with Gasteiger partial charge in [-0.05, 0) is 12.1 Å². The standard InChI is InChI=1S/C11H9N5O2S/c1-15-6-12-9(10(15)16(17)18)19-11-13-7-4-2-3-5-8(7)14-11/h2-6H,1H3,(H,13,14)/p+1. The monoisotopic (exact) mass is 276 g/mol. The van der Waals surface area contributed by atoms with E-state index >= 15 is 0 Å². The van der Waals surface area contributed by atoms with Gasteiger partial charge in [0.25, 0.3) is 0 Å². The fourth-order valence-corrected chi connectivity index (χ4v) is 2.72. The summed E-state index contributed by atoms with van der Waals surface area (Å²) in [5.74, 6) is 0.0189. The molecular weight excluding hydrogens is 266 g/mol. The first kappa shape index (κ1) is 11.7. The minimum absolute atomic E-state index is 0.0189. The highest BCUT2D eigenvalue weighted by Crippen LogP contribution is 2.30. The maximum absolute atomic E-state index is 11.0. The number of fused-ring (bicyclic) bond motifs is 1. The van der Waals surface area contributed by atoms with Gasteiger partial charge < -0.3 is 15.1 Å². The van der Waals surface area contributed by atoms with Gasteiger partial charge in [-0.25, -0.2) is 9.97 Å². The lowest BCUT2D eigenvalue weighted by Crippen LogP contribution is -2.28. The molecule has 3 aromatic rings. The second-order valence-corrected chi connectivity index (χ2v) is 4.95. The van der Waals surface area contributed by atoms with Crippen LogP contribution < -0.4 is 4.57 Å². The number of para-hydroxylation sites is 2. The number of hydrogen-bond acceptors (Lipinski definition) is 4. The number of hydrogen-bond donors (Lipinski definition) is 2. The molecule has 0 atom stereocenters. The van der Waals surface area contributed by atoms with Gasteiger partial charge in [-0.2, -0.15) is 4.57 Å². The molecule has 0 unspecified atom stereocenters. The molecule has 0 fully saturated rings. The third-order valence-corrected chi connectivity index (χ3v) is 3.56. The summed E-state index contributed by atoms with van der Waals surface area (Å²) in [5.41, 5.74) is 1.74. The molecule has 7 nitrogen and oxygen atoms in total. The molecule has 2 heterocycles. The quantitative estimate of drug-likeness (QED) is 0.433. The average molecular weight is 276 g/mol. The fourth-order valence-electron chi connectivity index (χ4n) is 1.80. The Kier molecular flexibility index (Phi) is 2.71. The summed E-state index contributed by atoms with van der Waals surface area (Å²) in [7, 11) is 1.62. The van der Waals surface area contributed by atoms with Crippen LogP contribution in [0.1, 0.15) is 0 Å². The zero-order valence-corrected chi connectivity index (χ0v) is 10.8. The second kappa shape index (κ2) is 4.39. The van der Waals surface area contributed by atoms with Gasteiger partial charge in [0.15, 0.2) is 5.16 Å². The summed E-state index contributed by atoms with van der Waals surface area (Å²) in [4.78, 5) is 20.9. The van der Waals surface area contributed by atoms with E-state index in [9.17, 15) is 10.1 Å². The van der Waals surface area contributed by atoms with Crippen LogP contribution >= 0.6 is 11.8 Å². The molecule has 0 saturated carbocycles. The van der Waals surface area contributed by atoms with Crippen molar-refractivity contribution in [2.75, 3.05) is 0 Å². The lowest BCUT2D eigenvalue weighted by molar-refractivity contribution is -0.715. The van der Waals surface area contributed by atoms with Gasteiger partial charge in [0.1, 0.15) is 7.05 Å². The van der Waals surface area contributed by atoms with Crippen LogP contribution in [0.25, 0.3) is 11.0 Å². The normalized spacial score (nSPS) is 11.0. The molecular formula is C11H10N5O2S+. The summed E-state index contributed by atoms with van der Waals surface area (Å²) in [6.45, 7) is 0. The number of aromatic nitrogens is 4. The van der Waals surface area contributed by atoms with Gasteiger partial charge in [0, 0.05) is 16.7 Å². The van der Waals surface area contributed by atoms with Crippen LogP contribution in [-0.4, -0.2) is 19.9 Å². The number of rotatable bonds is 3. The molecule has 0 aliphatic carbocycles. The van der Waals surface area contributed by atoms with Crippen molar-refractivity contribution >= 4 is 28.6 Å². The average Bonchev–Trinajstić information content (AvgIpc) is 2.92. The van der Waals surface area contributed by atoms with Gasteiger partial charge in [-0.1, -0.05) is 12.1 Å². The van der Waals surface area contributed by atoms with Gasteiger partial charge >= 0.3 is 17.2 Å². The van der Waals surface area contributed by atoms with Gasteiger partial charge in [0.2, 0.25) is 0 Å². The van der Waals surface area contributed by atoms with E-state index in [1.807, 2.05) is 24.3 Å². The number of benzene rings is 1. The van der Waals surface area contributed by atoms with Crippen molar-refractivity contribution in [1.82, 2.24) is 15.0 Å². The van der Waals surface area contributed by atoms with E-state index in [4.69, 9.17) is 0 Å². The van der Waals surface area contributed by atoms with Crippen LogP contribution in [-0.2, 0) is 7.05 Å². The Hall–Kier alpha value is -2.35. The Labute approximate surface area is 111 Å². The van der Waals surface area contributed by atoms with Crippen molar-refractivity contribution in [3.05, 3.63) is 40.7 Å². The minimum atomic E-state index is -0.415. The number of nitro groups is 1. The number of imidazole rings is 2. The van der Waals surface area contributed by atoms with Crippen molar-refractivity contribution in [3.8, 4) is 0 Å². The van der Waals surface area contributed by atoms with E-state index in [0.717, 1.165) is 11.0 Å². The molecule has 0 radical (unpaired) electrons. The Morgan fingerprint density at radius 3 is 2.95 bits per heavy atom. The zero-order chi connectivity index (χ0) is 13.4. The lowest BCUT2D eigenvalue weighted by Gasteiger charge is -1.91. The van der Waals surface area contributed by atoms with Crippen molar-refractivity contribution in [2.45, 2.75) is 10.2 Å². The summed E-state index contributed by atoms with van der Waals surface area (Å²) < 4.78 is 1.44. The number of H-pyrrole nitrogens is 2. The first-order chi connectivity index (χ1) is 9.15. The number of aryl methyl sites for hydroxylation is 1. The second-order valence-electron chi connectivity index (χ2n) is 3.96. The predicted octanol–water partition coefficient (Wildman–Crippen LogP) is 1.77. The highest BCUT2D eigenvalue weighted by Gasteiger charge is 2.28. The number of nitrogens with one attached hydrogen (secondary N) is 2. The van der Waals surface area contributed by atoms with Crippen molar-refractivity contribution in [3.63, 3.8) is 0 Å². The molecule has 1 aromatic carbocycles. The van der Waals surface area contributed by atoms with Crippen LogP contribution in [0.2, 0.25) is 0 Å². The maximum Gasteiger partial charge on any atom is 0.449 e. The third-order valence-electron chi connectivity index (χ3n) is 2.67. The Morgan fingerprint density at radius 1 is 1.42 bits per heavy atom. The SMILES string of the molecule is C[n+]1c[nH]c(Sc2nc3ccccc3[nH]2)c1[N+](=O)[O-]. The largest absolute Gasteiger partial charge is 0.449 e. The van der Waals surface area contributed by atoms with Crippen LogP contribution in [0.4, 0.5) is 5.82 Å². The van der Waals surface area contributed by atoms with Crippen LogP contribution in [0.3, 0.4) is 0 Å². The molecule has 2 aromatic heterocycles. The van der Waals surface area contributed by atoms with E-state index in [1.165, 1.54) is 16.3 Å². The van der Waals surface area contributed by atoms with Crippen molar-refractivity contribution < 1.29 is 9.49 Å². The molecule has 3 rings (SSSR count). The van der Waals surface area contributed by atoms with E-state index < -0.39 is 4.92 Å². The highest BCUT2D eigenvalue weighted by atomic mass is 32.2.